The van der Waals surface area contributed by atoms with Crippen LogP contribution in [0.4, 0.5) is 5.69 Å². The number of nitrogens with zero attached hydrogens (tertiary/aromatic N) is 1. The zero-order chi connectivity index (χ0) is 10.8. The second-order valence-electron chi connectivity index (χ2n) is 3.30. The van der Waals surface area contributed by atoms with Gasteiger partial charge >= 0.3 is 0 Å². The molecule has 0 unspecified atom stereocenters. The largest absolute Gasteiger partial charge is 0.398 e. The van der Waals surface area contributed by atoms with E-state index in [0.29, 0.717) is 24.4 Å². The van der Waals surface area contributed by atoms with Crippen molar-refractivity contribution in [3.8, 4) is 0 Å². The fraction of sp³-hybridized carbons (Fsp3) is 0.300. The van der Waals surface area contributed by atoms with Crippen molar-refractivity contribution in [2.45, 2.75) is 6.42 Å². The van der Waals surface area contributed by atoms with Crippen molar-refractivity contribution in [3.63, 3.8) is 0 Å². The lowest BCUT2D eigenvalue weighted by molar-refractivity contribution is -0.0768. The minimum Gasteiger partial charge on any atom is -0.398 e. The summed E-state index contributed by atoms with van der Waals surface area (Å²) >= 11 is 5.94. The number of carbonyl (C=O) groups is 1. The Morgan fingerprint density at radius 3 is 3.00 bits per heavy atom. The molecule has 15 heavy (non-hydrogen) atoms. The van der Waals surface area contributed by atoms with E-state index >= 15 is 0 Å². The molecule has 1 fully saturated rings. The number of nitrogen functional groups attached to an aromatic ring is 1. The third kappa shape index (κ3) is 1.91. The molecule has 1 saturated heterocycles. The van der Waals surface area contributed by atoms with Gasteiger partial charge in [-0.1, -0.05) is 17.7 Å². The van der Waals surface area contributed by atoms with Gasteiger partial charge in [-0.25, -0.2) is 5.06 Å². The Morgan fingerprint density at radius 2 is 2.33 bits per heavy atom. The molecule has 0 atom stereocenters. The van der Waals surface area contributed by atoms with E-state index in [1.165, 1.54) is 5.06 Å². The van der Waals surface area contributed by atoms with E-state index in [9.17, 15) is 4.79 Å². The Balaban J connectivity index is 2.28. The molecule has 1 aromatic carbocycles. The van der Waals surface area contributed by atoms with Gasteiger partial charge in [0.1, 0.15) is 0 Å². The summed E-state index contributed by atoms with van der Waals surface area (Å²) in [5.74, 6) is -0.232. The lowest BCUT2D eigenvalue weighted by Crippen LogP contribution is -2.26. The SMILES string of the molecule is Nc1cccc(C(=O)N2CCCO2)c1Cl. The van der Waals surface area contributed by atoms with E-state index in [4.69, 9.17) is 22.2 Å². The molecule has 4 nitrogen and oxygen atoms in total. The minimum absolute atomic E-state index is 0.232. The number of halogens is 1. The molecule has 2 rings (SSSR count). The molecule has 0 spiro atoms. The molecule has 1 heterocycles. The summed E-state index contributed by atoms with van der Waals surface area (Å²) in [6.07, 6.45) is 0.853. The van der Waals surface area contributed by atoms with Crippen molar-refractivity contribution in [1.82, 2.24) is 5.06 Å². The molecule has 0 bridgehead atoms. The van der Waals surface area contributed by atoms with Crippen molar-refractivity contribution in [1.29, 1.82) is 0 Å². The summed E-state index contributed by atoms with van der Waals surface area (Å²) in [6.45, 7) is 1.18. The van der Waals surface area contributed by atoms with Gasteiger partial charge in [0.15, 0.2) is 0 Å². The zero-order valence-corrected chi connectivity index (χ0v) is 8.83. The molecular weight excluding hydrogens is 216 g/mol. The van der Waals surface area contributed by atoms with Crippen LogP contribution < -0.4 is 5.73 Å². The third-order valence-electron chi connectivity index (χ3n) is 2.24. The normalized spacial score (nSPS) is 15.7. The molecule has 80 valence electrons. The van der Waals surface area contributed by atoms with Crippen LogP contribution in [0.1, 0.15) is 16.8 Å². The first-order chi connectivity index (χ1) is 7.20. The minimum atomic E-state index is -0.232. The zero-order valence-electron chi connectivity index (χ0n) is 8.07. The van der Waals surface area contributed by atoms with Crippen LogP contribution in [-0.4, -0.2) is 24.1 Å². The van der Waals surface area contributed by atoms with E-state index in [-0.39, 0.29) is 10.9 Å². The first-order valence-corrected chi connectivity index (χ1v) is 5.06. The highest BCUT2D eigenvalue weighted by atomic mass is 35.5. The number of rotatable bonds is 1. The average Bonchev–Trinajstić information content (AvgIpc) is 2.74. The number of hydroxylamine groups is 2. The maximum absolute atomic E-state index is 11.9. The van der Waals surface area contributed by atoms with Crippen molar-refractivity contribution in [2.75, 3.05) is 18.9 Å². The van der Waals surface area contributed by atoms with Crippen LogP contribution >= 0.6 is 11.6 Å². The van der Waals surface area contributed by atoms with Gasteiger partial charge in [-0.2, -0.15) is 0 Å². The predicted molar refractivity (Wildman–Crippen MR) is 57.5 cm³/mol. The second kappa shape index (κ2) is 4.08. The Labute approximate surface area is 92.5 Å². The monoisotopic (exact) mass is 226 g/mol. The Morgan fingerprint density at radius 1 is 1.53 bits per heavy atom. The summed E-state index contributed by atoms with van der Waals surface area (Å²) in [6, 6.07) is 5.00. The Bertz CT molecular complexity index is 389. The first-order valence-electron chi connectivity index (χ1n) is 4.69. The molecule has 1 aliphatic rings. The second-order valence-corrected chi connectivity index (χ2v) is 3.68. The summed E-state index contributed by atoms with van der Waals surface area (Å²) in [5, 5.41) is 1.61. The smallest absolute Gasteiger partial charge is 0.279 e. The number of anilines is 1. The highest BCUT2D eigenvalue weighted by Crippen LogP contribution is 2.25. The predicted octanol–water partition coefficient (Wildman–Crippen LogP) is 1.70. The lowest BCUT2D eigenvalue weighted by atomic mass is 10.2. The average molecular weight is 227 g/mol. The molecule has 0 saturated carbocycles. The van der Waals surface area contributed by atoms with Gasteiger partial charge in [-0.3, -0.25) is 9.63 Å². The van der Waals surface area contributed by atoms with E-state index in [1.54, 1.807) is 18.2 Å². The number of benzene rings is 1. The topological polar surface area (TPSA) is 55.6 Å². The molecule has 1 aliphatic heterocycles. The molecular formula is C10H11ClN2O2. The molecule has 0 aromatic heterocycles. The van der Waals surface area contributed by atoms with Gasteiger partial charge in [0.05, 0.1) is 29.4 Å². The van der Waals surface area contributed by atoms with Crippen LogP contribution in [0.25, 0.3) is 0 Å². The molecule has 1 aromatic rings. The van der Waals surface area contributed by atoms with E-state index in [0.717, 1.165) is 6.42 Å². The third-order valence-corrected chi connectivity index (χ3v) is 2.66. The van der Waals surface area contributed by atoms with E-state index in [1.807, 2.05) is 0 Å². The lowest BCUT2D eigenvalue weighted by Gasteiger charge is -2.15. The first kappa shape index (κ1) is 10.3. The Hall–Kier alpha value is -1.26. The molecule has 1 amide bonds. The van der Waals surface area contributed by atoms with Crippen molar-refractivity contribution >= 4 is 23.2 Å². The summed E-state index contributed by atoms with van der Waals surface area (Å²) in [7, 11) is 0. The Kier molecular flexibility index (Phi) is 2.79. The number of carbonyl (C=O) groups excluding carboxylic acids is 1. The highest BCUT2D eigenvalue weighted by molar-refractivity contribution is 6.36. The van der Waals surface area contributed by atoms with E-state index < -0.39 is 0 Å². The van der Waals surface area contributed by atoms with Gasteiger partial charge in [0, 0.05) is 0 Å². The fourth-order valence-electron chi connectivity index (χ4n) is 1.46. The molecule has 0 radical (unpaired) electrons. The number of amides is 1. The standard InChI is InChI=1S/C10H11ClN2O2/c11-9-7(3-1-4-8(9)12)10(14)13-5-2-6-15-13/h1,3-4H,2,5-6,12H2. The van der Waals surface area contributed by atoms with Crippen LogP contribution in [0.3, 0.4) is 0 Å². The fourth-order valence-corrected chi connectivity index (χ4v) is 1.66. The molecule has 2 N–H and O–H groups in total. The van der Waals surface area contributed by atoms with Crippen LogP contribution in [-0.2, 0) is 4.84 Å². The van der Waals surface area contributed by atoms with Gasteiger partial charge in [-0.05, 0) is 18.6 Å². The van der Waals surface area contributed by atoms with Crippen molar-refractivity contribution in [3.05, 3.63) is 28.8 Å². The van der Waals surface area contributed by atoms with Crippen LogP contribution in [0.5, 0.6) is 0 Å². The van der Waals surface area contributed by atoms with Gasteiger partial charge < -0.3 is 5.73 Å². The van der Waals surface area contributed by atoms with Gasteiger partial charge in [0.2, 0.25) is 0 Å². The van der Waals surface area contributed by atoms with Crippen LogP contribution in [0, 0.1) is 0 Å². The van der Waals surface area contributed by atoms with Crippen molar-refractivity contribution in [2.24, 2.45) is 0 Å². The maximum atomic E-state index is 11.9. The highest BCUT2D eigenvalue weighted by Gasteiger charge is 2.23. The van der Waals surface area contributed by atoms with Crippen LogP contribution in [0.2, 0.25) is 5.02 Å². The van der Waals surface area contributed by atoms with Gasteiger partial charge in [0.25, 0.3) is 5.91 Å². The van der Waals surface area contributed by atoms with E-state index in [2.05, 4.69) is 0 Å². The quantitative estimate of drug-likeness (QED) is 0.742. The molecule has 5 heteroatoms. The van der Waals surface area contributed by atoms with Gasteiger partial charge in [-0.15, -0.1) is 0 Å². The van der Waals surface area contributed by atoms with Crippen LogP contribution in [0.15, 0.2) is 18.2 Å². The summed E-state index contributed by atoms with van der Waals surface area (Å²) in [4.78, 5) is 17.0. The number of hydrogen-bond acceptors (Lipinski definition) is 3. The van der Waals surface area contributed by atoms with Crippen molar-refractivity contribution < 1.29 is 9.63 Å². The molecule has 0 aliphatic carbocycles. The number of nitrogens with two attached hydrogens (primary N) is 1. The summed E-state index contributed by atoms with van der Waals surface area (Å²) in [5.41, 5.74) is 6.41. The maximum Gasteiger partial charge on any atom is 0.279 e. The summed E-state index contributed by atoms with van der Waals surface area (Å²) < 4.78 is 0. The number of hydrogen-bond donors (Lipinski definition) is 1.